The lowest BCUT2D eigenvalue weighted by molar-refractivity contribution is 0.116. The van der Waals surface area contributed by atoms with Gasteiger partial charge in [0.05, 0.1) is 29.6 Å². The number of halogens is 3. The molecule has 0 atom stereocenters. The number of pyridine rings is 1. The second-order valence-corrected chi connectivity index (χ2v) is 10.5. The number of imidazole rings is 1. The Labute approximate surface area is 203 Å². The zero-order valence-corrected chi connectivity index (χ0v) is 19.8. The molecular weight excluding hydrogens is 501 g/mol. The van der Waals surface area contributed by atoms with Gasteiger partial charge in [-0.05, 0) is 37.1 Å². The number of aromatic nitrogens is 5. The molecule has 1 aromatic carbocycles. The molecule has 1 saturated heterocycles. The van der Waals surface area contributed by atoms with Crippen molar-refractivity contribution in [3.63, 3.8) is 0 Å². The van der Waals surface area contributed by atoms with Crippen LogP contribution in [0.1, 0.15) is 36.9 Å². The van der Waals surface area contributed by atoms with Crippen molar-refractivity contribution in [3.05, 3.63) is 64.4 Å². The average molecular weight is 523 g/mol. The lowest BCUT2D eigenvalue weighted by Crippen LogP contribution is -2.40. The third kappa shape index (κ3) is 4.41. The second-order valence-electron chi connectivity index (χ2n) is 8.52. The highest BCUT2D eigenvalue weighted by Crippen LogP contribution is 2.28. The molecule has 0 unspecified atom stereocenters. The zero-order chi connectivity index (χ0) is 25.6. The lowest BCUT2D eigenvalue weighted by atomic mass is 10.1. The molecule has 0 bridgehead atoms. The summed E-state index contributed by atoms with van der Waals surface area (Å²) in [7, 11) is -3.33. The van der Waals surface area contributed by atoms with E-state index in [1.165, 1.54) is 37.8 Å². The normalized spacial score (nSPS) is 15.8. The smallest absolute Gasteiger partial charge is 0.329 e. The Kier molecular flexibility index (Phi) is 6.16. The van der Waals surface area contributed by atoms with E-state index in [1.54, 1.807) is 12.1 Å². The van der Waals surface area contributed by atoms with Crippen molar-refractivity contribution in [3.8, 4) is 11.5 Å². The number of sulfonamides is 1. The van der Waals surface area contributed by atoms with Gasteiger partial charge in [-0.1, -0.05) is 6.07 Å². The van der Waals surface area contributed by atoms with Crippen LogP contribution in [0.25, 0.3) is 22.5 Å². The van der Waals surface area contributed by atoms with Crippen LogP contribution in [0.5, 0.6) is 0 Å². The van der Waals surface area contributed by atoms with Crippen LogP contribution in [-0.2, 0) is 16.6 Å². The van der Waals surface area contributed by atoms with E-state index < -0.39 is 33.8 Å². The Balaban J connectivity index is 1.46. The summed E-state index contributed by atoms with van der Waals surface area (Å²) in [5.74, 6) is -1.49. The SMILES string of the molecule is CS(=O)(=O)N1CCC(n2c(=O)n(Cc3ccc(-c4nnc(C(F)F)o4)cn3)c3c(F)cccc32)CC1. The van der Waals surface area contributed by atoms with Crippen molar-refractivity contribution in [1.29, 1.82) is 0 Å². The molecular formula is C22H21F3N6O4S. The molecule has 4 heterocycles. The van der Waals surface area contributed by atoms with E-state index in [1.807, 2.05) is 0 Å². The van der Waals surface area contributed by atoms with Crippen molar-refractivity contribution in [2.24, 2.45) is 0 Å². The Bertz CT molecular complexity index is 1570. The molecule has 0 radical (unpaired) electrons. The largest absolute Gasteiger partial charge is 0.415 e. The molecule has 36 heavy (non-hydrogen) atoms. The average Bonchev–Trinajstić information content (AvgIpc) is 3.44. The molecule has 190 valence electrons. The number of fused-ring (bicyclic) bond motifs is 1. The molecule has 10 nitrogen and oxygen atoms in total. The third-order valence-corrected chi connectivity index (χ3v) is 7.51. The minimum atomic E-state index is -3.33. The monoisotopic (exact) mass is 522 g/mol. The first-order chi connectivity index (χ1) is 17.1. The standard InChI is InChI=1S/C22H21F3N6O4S/c1-36(33,34)29-9-7-15(8-10-29)31-17-4-2-3-16(23)18(17)30(22(31)32)12-14-6-5-13(11-26-14)20-27-28-21(35-20)19(24)25/h2-6,11,15,19H,7-10,12H2,1H3. The number of rotatable bonds is 6. The predicted octanol–water partition coefficient (Wildman–Crippen LogP) is 2.97. The van der Waals surface area contributed by atoms with Crippen LogP contribution in [-0.4, -0.2) is 56.4 Å². The molecule has 1 aliphatic heterocycles. The maximum Gasteiger partial charge on any atom is 0.329 e. The molecule has 0 saturated carbocycles. The molecule has 0 amide bonds. The van der Waals surface area contributed by atoms with Gasteiger partial charge in [0.15, 0.2) is 0 Å². The van der Waals surface area contributed by atoms with E-state index in [9.17, 15) is 26.4 Å². The molecule has 0 N–H and O–H groups in total. The van der Waals surface area contributed by atoms with Crippen LogP contribution in [0.15, 0.2) is 45.7 Å². The molecule has 5 rings (SSSR count). The van der Waals surface area contributed by atoms with E-state index in [0.717, 1.165) is 6.26 Å². The van der Waals surface area contributed by atoms with E-state index in [2.05, 4.69) is 15.2 Å². The molecule has 4 aromatic rings. The molecule has 0 aliphatic carbocycles. The summed E-state index contributed by atoms with van der Waals surface area (Å²) in [6.07, 6.45) is 0.436. The number of hydrogen-bond donors (Lipinski definition) is 0. The second kappa shape index (κ2) is 9.17. The van der Waals surface area contributed by atoms with Crippen molar-refractivity contribution < 1.29 is 26.0 Å². The van der Waals surface area contributed by atoms with Gasteiger partial charge in [-0.15, -0.1) is 10.2 Å². The third-order valence-electron chi connectivity index (χ3n) is 6.21. The zero-order valence-electron chi connectivity index (χ0n) is 19.0. The first-order valence-electron chi connectivity index (χ1n) is 11.0. The predicted molar refractivity (Wildman–Crippen MR) is 122 cm³/mol. The Morgan fingerprint density at radius 1 is 1.14 bits per heavy atom. The summed E-state index contributed by atoms with van der Waals surface area (Å²) in [6.45, 7) is 0.492. The number of nitrogens with zero attached hydrogens (tertiary/aromatic N) is 6. The molecule has 1 aliphatic rings. The van der Waals surface area contributed by atoms with Crippen LogP contribution in [0.4, 0.5) is 13.2 Å². The minimum Gasteiger partial charge on any atom is -0.415 e. The fourth-order valence-electron chi connectivity index (χ4n) is 4.47. The van der Waals surface area contributed by atoms with Crippen LogP contribution >= 0.6 is 0 Å². The van der Waals surface area contributed by atoms with E-state index in [-0.39, 0.29) is 37.1 Å². The first kappa shape index (κ1) is 24.2. The summed E-state index contributed by atoms with van der Waals surface area (Å²) >= 11 is 0. The summed E-state index contributed by atoms with van der Waals surface area (Å²) in [5, 5.41) is 6.86. The van der Waals surface area contributed by atoms with E-state index in [4.69, 9.17) is 4.42 Å². The van der Waals surface area contributed by atoms with E-state index in [0.29, 0.717) is 29.6 Å². The van der Waals surface area contributed by atoms with Crippen molar-refractivity contribution in [1.82, 2.24) is 28.6 Å². The molecule has 0 spiro atoms. The fraction of sp³-hybridized carbons (Fsp3) is 0.364. The number of para-hydroxylation sites is 1. The van der Waals surface area contributed by atoms with Crippen molar-refractivity contribution >= 4 is 21.1 Å². The van der Waals surface area contributed by atoms with Crippen LogP contribution in [0, 0.1) is 5.82 Å². The first-order valence-corrected chi connectivity index (χ1v) is 12.9. The van der Waals surface area contributed by atoms with Gasteiger partial charge in [0.1, 0.15) is 11.3 Å². The van der Waals surface area contributed by atoms with Gasteiger partial charge in [-0.2, -0.15) is 8.78 Å². The number of benzene rings is 1. The summed E-state index contributed by atoms with van der Waals surface area (Å²) in [5.41, 5.74) is 0.842. The molecule has 1 fully saturated rings. The quantitative estimate of drug-likeness (QED) is 0.382. The summed E-state index contributed by atoms with van der Waals surface area (Å²) in [6, 6.07) is 7.25. The number of hydrogen-bond acceptors (Lipinski definition) is 7. The van der Waals surface area contributed by atoms with Gasteiger partial charge in [-0.25, -0.2) is 21.9 Å². The highest BCUT2D eigenvalue weighted by atomic mass is 32.2. The van der Waals surface area contributed by atoms with Crippen molar-refractivity contribution in [2.45, 2.75) is 31.9 Å². The maximum absolute atomic E-state index is 14.9. The number of piperidine rings is 1. The van der Waals surface area contributed by atoms with Crippen LogP contribution in [0.2, 0.25) is 0 Å². The molecule has 14 heteroatoms. The van der Waals surface area contributed by atoms with Crippen LogP contribution < -0.4 is 5.69 Å². The van der Waals surface area contributed by atoms with Gasteiger partial charge in [-0.3, -0.25) is 14.1 Å². The van der Waals surface area contributed by atoms with Crippen molar-refractivity contribution in [2.75, 3.05) is 19.3 Å². The van der Waals surface area contributed by atoms with Crippen LogP contribution in [0.3, 0.4) is 0 Å². The summed E-state index contributed by atoms with van der Waals surface area (Å²) in [4.78, 5) is 17.7. The Morgan fingerprint density at radius 2 is 1.89 bits per heavy atom. The lowest BCUT2D eigenvalue weighted by Gasteiger charge is -2.30. The highest BCUT2D eigenvalue weighted by molar-refractivity contribution is 7.88. The fourth-order valence-corrected chi connectivity index (χ4v) is 5.35. The van der Waals surface area contributed by atoms with E-state index >= 15 is 0 Å². The minimum absolute atomic E-state index is 0.0438. The Hall–Kier alpha value is -3.52. The Morgan fingerprint density at radius 3 is 2.50 bits per heavy atom. The van der Waals surface area contributed by atoms with Gasteiger partial charge in [0, 0.05) is 25.3 Å². The summed E-state index contributed by atoms with van der Waals surface area (Å²) < 4.78 is 73.1. The van der Waals surface area contributed by atoms with Gasteiger partial charge >= 0.3 is 12.1 Å². The number of alkyl halides is 2. The topological polar surface area (TPSA) is 116 Å². The van der Waals surface area contributed by atoms with Gasteiger partial charge < -0.3 is 4.42 Å². The maximum atomic E-state index is 14.9. The van der Waals surface area contributed by atoms with Gasteiger partial charge in [0.25, 0.3) is 5.89 Å². The molecule has 3 aromatic heterocycles. The van der Waals surface area contributed by atoms with Gasteiger partial charge in [0.2, 0.25) is 15.9 Å². The highest BCUT2D eigenvalue weighted by Gasteiger charge is 2.29.